The number of nitrogens with one attached hydrogen (secondary N) is 1. The lowest BCUT2D eigenvalue weighted by atomic mass is 9.94. The van der Waals surface area contributed by atoms with Crippen LogP contribution in [-0.2, 0) is 17.9 Å². The molecule has 0 amide bonds. The second-order valence-electron chi connectivity index (χ2n) is 6.20. The Bertz CT molecular complexity index is 628. The highest BCUT2D eigenvalue weighted by Crippen LogP contribution is 2.21. The summed E-state index contributed by atoms with van der Waals surface area (Å²) in [5.41, 5.74) is 1.46. The molecule has 1 fully saturated rings. The number of ether oxygens (including phenoxy) is 2. The number of aliphatic hydroxyl groups is 1. The molecule has 3 rings (SSSR count). The van der Waals surface area contributed by atoms with Gasteiger partial charge in [0.05, 0.1) is 5.60 Å². The van der Waals surface area contributed by atoms with Gasteiger partial charge in [0.25, 0.3) is 0 Å². The third-order valence-electron chi connectivity index (χ3n) is 4.28. The van der Waals surface area contributed by atoms with Crippen LogP contribution in [0.15, 0.2) is 48.8 Å². The topological polar surface area (TPSA) is 63.6 Å². The van der Waals surface area contributed by atoms with Crippen LogP contribution in [0.25, 0.3) is 0 Å². The highest BCUT2D eigenvalue weighted by atomic mass is 16.5. The fraction of sp³-hybridized carbons (Fsp3) is 0.421. The molecule has 0 unspecified atom stereocenters. The van der Waals surface area contributed by atoms with E-state index in [-0.39, 0.29) is 0 Å². The third kappa shape index (κ3) is 4.77. The van der Waals surface area contributed by atoms with Gasteiger partial charge in [0, 0.05) is 62.7 Å². The largest absolute Gasteiger partial charge is 0.489 e. The first kappa shape index (κ1) is 16.9. The van der Waals surface area contributed by atoms with Crippen molar-refractivity contribution in [2.45, 2.75) is 31.6 Å². The monoisotopic (exact) mass is 328 g/mol. The Morgan fingerprint density at radius 3 is 2.79 bits per heavy atom. The molecule has 2 aromatic rings. The molecule has 0 aliphatic carbocycles. The second kappa shape index (κ2) is 8.24. The quantitative estimate of drug-likeness (QED) is 0.816. The van der Waals surface area contributed by atoms with Gasteiger partial charge < -0.3 is 19.9 Å². The minimum Gasteiger partial charge on any atom is -0.489 e. The average Bonchev–Trinajstić information content (AvgIpc) is 2.62. The maximum Gasteiger partial charge on any atom is 0.124 e. The molecule has 0 bridgehead atoms. The SMILES string of the molecule is OC1(CNCc2ccccc2OCc2cccnc2)CCOCC1. The molecule has 0 atom stereocenters. The molecule has 1 saturated heterocycles. The summed E-state index contributed by atoms with van der Waals surface area (Å²) in [4.78, 5) is 4.10. The van der Waals surface area contributed by atoms with E-state index in [4.69, 9.17) is 9.47 Å². The average molecular weight is 328 g/mol. The van der Waals surface area contributed by atoms with Crippen molar-refractivity contribution in [3.05, 3.63) is 59.9 Å². The summed E-state index contributed by atoms with van der Waals surface area (Å²) < 4.78 is 11.2. The first-order valence-electron chi connectivity index (χ1n) is 8.36. The predicted octanol–water partition coefficient (Wildman–Crippen LogP) is 2.29. The summed E-state index contributed by atoms with van der Waals surface area (Å²) >= 11 is 0. The molecular formula is C19H24N2O3. The van der Waals surface area contributed by atoms with E-state index >= 15 is 0 Å². The summed E-state index contributed by atoms with van der Waals surface area (Å²) in [5.74, 6) is 0.854. The highest BCUT2D eigenvalue weighted by Gasteiger charge is 2.29. The lowest BCUT2D eigenvalue weighted by Crippen LogP contribution is -2.44. The van der Waals surface area contributed by atoms with E-state index in [9.17, 15) is 5.11 Å². The Labute approximate surface area is 142 Å². The molecule has 1 aromatic carbocycles. The minimum absolute atomic E-state index is 0.492. The zero-order valence-corrected chi connectivity index (χ0v) is 13.8. The first-order valence-corrected chi connectivity index (χ1v) is 8.36. The van der Waals surface area contributed by atoms with Crippen LogP contribution in [0.4, 0.5) is 0 Å². The summed E-state index contributed by atoms with van der Waals surface area (Å²) in [6.07, 6.45) is 4.92. The highest BCUT2D eigenvalue weighted by molar-refractivity contribution is 5.33. The van der Waals surface area contributed by atoms with Gasteiger partial charge in [-0.05, 0) is 12.1 Å². The summed E-state index contributed by atoms with van der Waals surface area (Å²) in [6, 6.07) is 11.9. The van der Waals surface area contributed by atoms with Crippen LogP contribution in [0.1, 0.15) is 24.0 Å². The molecule has 2 heterocycles. The Kier molecular flexibility index (Phi) is 5.80. The van der Waals surface area contributed by atoms with Crippen LogP contribution in [-0.4, -0.2) is 35.5 Å². The van der Waals surface area contributed by atoms with E-state index in [0.29, 0.717) is 45.8 Å². The number of hydrogen-bond acceptors (Lipinski definition) is 5. The number of aromatic nitrogens is 1. The van der Waals surface area contributed by atoms with E-state index < -0.39 is 5.60 Å². The maximum atomic E-state index is 10.5. The van der Waals surface area contributed by atoms with Crippen LogP contribution < -0.4 is 10.1 Å². The number of rotatable bonds is 7. The van der Waals surface area contributed by atoms with E-state index in [1.54, 1.807) is 6.20 Å². The molecular weight excluding hydrogens is 304 g/mol. The van der Waals surface area contributed by atoms with Crippen molar-refractivity contribution >= 4 is 0 Å². The number of para-hydroxylation sites is 1. The smallest absolute Gasteiger partial charge is 0.124 e. The number of hydrogen-bond donors (Lipinski definition) is 2. The molecule has 0 radical (unpaired) electrons. The van der Waals surface area contributed by atoms with Gasteiger partial charge in [0.1, 0.15) is 12.4 Å². The van der Waals surface area contributed by atoms with Gasteiger partial charge in [-0.1, -0.05) is 24.3 Å². The van der Waals surface area contributed by atoms with E-state index in [2.05, 4.69) is 10.3 Å². The van der Waals surface area contributed by atoms with Gasteiger partial charge >= 0.3 is 0 Å². The molecule has 5 heteroatoms. The number of nitrogens with zero attached hydrogens (tertiary/aromatic N) is 1. The zero-order valence-electron chi connectivity index (χ0n) is 13.8. The van der Waals surface area contributed by atoms with Crippen LogP contribution in [0.5, 0.6) is 5.75 Å². The number of pyridine rings is 1. The van der Waals surface area contributed by atoms with Crippen molar-refractivity contribution in [3.8, 4) is 5.75 Å². The fourth-order valence-electron chi connectivity index (χ4n) is 2.79. The predicted molar refractivity (Wildman–Crippen MR) is 91.7 cm³/mol. The molecule has 0 saturated carbocycles. The number of benzene rings is 1. The van der Waals surface area contributed by atoms with Crippen LogP contribution in [0, 0.1) is 0 Å². The van der Waals surface area contributed by atoms with Gasteiger partial charge in [0.2, 0.25) is 0 Å². The Morgan fingerprint density at radius 1 is 1.17 bits per heavy atom. The van der Waals surface area contributed by atoms with Crippen molar-refractivity contribution in [2.24, 2.45) is 0 Å². The summed E-state index contributed by atoms with van der Waals surface area (Å²) in [7, 11) is 0. The lowest BCUT2D eigenvalue weighted by molar-refractivity contribution is -0.0617. The minimum atomic E-state index is -0.663. The van der Waals surface area contributed by atoms with Crippen molar-refractivity contribution in [1.82, 2.24) is 10.3 Å². The molecule has 1 aliphatic rings. The van der Waals surface area contributed by atoms with Crippen molar-refractivity contribution < 1.29 is 14.6 Å². The first-order chi connectivity index (χ1) is 11.8. The Hall–Kier alpha value is -1.95. The molecule has 128 valence electrons. The van der Waals surface area contributed by atoms with Gasteiger partial charge in [-0.15, -0.1) is 0 Å². The van der Waals surface area contributed by atoms with Crippen molar-refractivity contribution in [1.29, 1.82) is 0 Å². The molecule has 0 spiro atoms. The van der Waals surface area contributed by atoms with Gasteiger partial charge in [-0.2, -0.15) is 0 Å². The van der Waals surface area contributed by atoms with Gasteiger partial charge in [-0.3, -0.25) is 4.98 Å². The van der Waals surface area contributed by atoms with E-state index in [1.807, 2.05) is 42.6 Å². The Balaban J connectivity index is 1.54. The lowest BCUT2D eigenvalue weighted by Gasteiger charge is -2.32. The zero-order chi connectivity index (χ0) is 16.7. The molecule has 1 aromatic heterocycles. The standard InChI is InChI=1S/C19H24N2O3/c22-19(7-10-23-11-8-19)15-21-13-17-5-1-2-6-18(17)24-14-16-4-3-9-20-12-16/h1-6,9,12,21-22H,7-8,10-11,13-15H2. The Morgan fingerprint density at radius 2 is 2.00 bits per heavy atom. The van der Waals surface area contributed by atoms with E-state index in [0.717, 1.165) is 16.9 Å². The van der Waals surface area contributed by atoms with Gasteiger partial charge in [-0.25, -0.2) is 0 Å². The molecule has 24 heavy (non-hydrogen) atoms. The normalized spacial score (nSPS) is 16.7. The van der Waals surface area contributed by atoms with Crippen LogP contribution in [0.3, 0.4) is 0 Å². The van der Waals surface area contributed by atoms with Crippen LogP contribution >= 0.6 is 0 Å². The third-order valence-corrected chi connectivity index (χ3v) is 4.28. The summed E-state index contributed by atoms with van der Waals surface area (Å²) in [5, 5.41) is 13.8. The van der Waals surface area contributed by atoms with Crippen molar-refractivity contribution in [2.75, 3.05) is 19.8 Å². The second-order valence-corrected chi connectivity index (χ2v) is 6.20. The molecule has 1 aliphatic heterocycles. The molecule has 2 N–H and O–H groups in total. The maximum absolute atomic E-state index is 10.5. The van der Waals surface area contributed by atoms with E-state index in [1.165, 1.54) is 0 Å². The van der Waals surface area contributed by atoms with Gasteiger partial charge in [0.15, 0.2) is 0 Å². The summed E-state index contributed by atoms with van der Waals surface area (Å²) in [6.45, 7) is 2.97. The molecule has 5 nitrogen and oxygen atoms in total. The fourth-order valence-corrected chi connectivity index (χ4v) is 2.79. The van der Waals surface area contributed by atoms with Crippen molar-refractivity contribution in [3.63, 3.8) is 0 Å². The van der Waals surface area contributed by atoms with Crippen LogP contribution in [0.2, 0.25) is 0 Å².